The number of furan rings is 1. The molecule has 2 heterocycles. The molecule has 0 atom stereocenters. The van der Waals surface area contributed by atoms with Crippen molar-refractivity contribution in [3.8, 4) is 11.5 Å². The van der Waals surface area contributed by atoms with E-state index >= 15 is 0 Å². The molecule has 0 saturated carbocycles. The van der Waals surface area contributed by atoms with E-state index in [2.05, 4.69) is 15.9 Å². The highest BCUT2D eigenvalue weighted by molar-refractivity contribution is 9.10. The van der Waals surface area contributed by atoms with E-state index in [1.54, 1.807) is 26.4 Å². The van der Waals surface area contributed by atoms with Crippen molar-refractivity contribution in [3.05, 3.63) is 34.1 Å². The normalized spacial score (nSPS) is 10.9. The molecule has 2 rings (SSSR count). The molecule has 1 N–H and O–H groups in total. The molecule has 0 saturated heterocycles. The first-order valence-corrected chi connectivity index (χ1v) is 7.02. The minimum absolute atomic E-state index is 0.272. The molecule has 5 nitrogen and oxygen atoms in total. The molecule has 20 heavy (non-hydrogen) atoms. The van der Waals surface area contributed by atoms with Gasteiger partial charge in [-0.15, -0.1) is 0 Å². The smallest absolute Gasteiger partial charge is 0.338 e. The van der Waals surface area contributed by atoms with Crippen LogP contribution in [-0.4, -0.2) is 29.4 Å². The molecule has 6 heteroatoms. The number of aromatic nitrogens is 1. The van der Waals surface area contributed by atoms with Gasteiger partial charge in [0, 0.05) is 26.0 Å². The van der Waals surface area contributed by atoms with E-state index in [0.29, 0.717) is 29.1 Å². The fourth-order valence-electron chi connectivity index (χ4n) is 2.25. The number of carboxylic acids is 1. The zero-order valence-corrected chi connectivity index (χ0v) is 12.9. The van der Waals surface area contributed by atoms with E-state index in [9.17, 15) is 9.90 Å². The van der Waals surface area contributed by atoms with Crippen LogP contribution in [0.15, 0.2) is 27.3 Å². The predicted molar refractivity (Wildman–Crippen MR) is 78.0 cm³/mol. The molecule has 0 unspecified atom stereocenters. The van der Waals surface area contributed by atoms with Crippen molar-refractivity contribution in [2.45, 2.75) is 19.9 Å². The van der Waals surface area contributed by atoms with Crippen molar-refractivity contribution >= 4 is 21.9 Å². The monoisotopic (exact) mass is 341 g/mol. The van der Waals surface area contributed by atoms with Crippen molar-refractivity contribution in [2.24, 2.45) is 0 Å². The summed E-state index contributed by atoms with van der Waals surface area (Å²) in [6.07, 6.45) is 2.37. The van der Waals surface area contributed by atoms with Crippen LogP contribution in [-0.2, 0) is 11.3 Å². The summed E-state index contributed by atoms with van der Waals surface area (Å²) >= 11 is 3.39. The standard InChI is InChI=1S/C14H16BrNO4/c1-9-11(14(17)18)12(15)13(10-5-3-8-20-10)16(9)6-4-7-19-2/h3,5,8H,4,6-7H2,1-2H3,(H,17,18). The summed E-state index contributed by atoms with van der Waals surface area (Å²) < 4.78 is 13.0. The van der Waals surface area contributed by atoms with Gasteiger partial charge < -0.3 is 18.8 Å². The van der Waals surface area contributed by atoms with Gasteiger partial charge >= 0.3 is 5.97 Å². The summed E-state index contributed by atoms with van der Waals surface area (Å²) in [6.45, 7) is 3.09. The lowest BCUT2D eigenvalue weighted by atomic mass is 10.2. The number of hydrogen-bond donors (Lipinski definition) is 1. The second-order valence-corrected chi connectivity index (χ2v) is 5.20. The summed E-state index contributed by atoms with van der Waals surface area (Å²) in [7, 11) is 1.65. The van der Waals surface area contributed by atoms with E-state index in [1.807, 2.05) is 10.6 Å². The first kappa shape index (κ1) is 14.9. The average molecular weight is 342 g/mol. The van der Waals surface area contributed by atoms with Gasteiger partial charge in [0.2, 0.25) is 0 Å². The van der Waals surface area contributed by atoms with Crippen LogP contribution in [0.25, 0.3) is 11.5 Å². The molecule has 0 spiro atoms. The lowest BCUT2D eigenvalue weighted by molar-refractivity contribution is 0.0695. The molecule has 0 aliphatic heterocycles. The van der Waals surface area contributed by atoms with Crippen LogP contribution < -0.4 is 0 Å². The molecule has 0 bridgehead atoms. The maximum absolute atomic E-state index is 11.4. The van der Waals surface area contributed by atoms with Crippen LogP contribution in [0.1, 0.15) is 22.5 Å². The van der Waals surface area contributed by atoms with Crippen molar-refractivity contribution in [2.75, 3.05) is 13.7 Å². The Morgan fingerprint density at radius 2 is 2.30 bits per heavy atom. The fourth-order valence-corrected chi connectivity index (χ4v) is 3.11. The molecule has 2 aromatic heterocycles. The third kappa shape index (κ3) is 2.66. The highest BCUT2D eigenvalue weighted by Gasteiger charge is 2.25. The van der Waals surface area contributed by atoms with Gasteiger partial charge in [0.05, 0.1) is 22.0 Å². The minimum atomic E-state index is -0.951. The van der Waals surface area contributed by atoms with Crippen molar-refractivity contribution in [1.82, 2.24) is 4.57 Å². The van der Waals surface area contributed by atoms with Gasteiger partial charge in [0.1, 0.15) is 0 Å². The Morgan fingerprint density at radius 1 is 1.55 bits per heavy atom. The summed E-state index contributed by atoms with van der Waals surface area (Å²) in [5.74, 6) is -0.308. The van der Waals surface area contributed by atoms with Gasteiger partial charge in [-0.05, 0) is 41.4 Å². The summed E-state index contributed by atoms with van der Waals surface area (Å²) in [4.78, 5) is 11.4. The molecule has 2 aromatic rings. The van der Waals surface area contributed by atoms with E-state index < -0.39 is 5.97 Å². The number of methoxy groups -OCH3 is 1. The highest BCUT2D eigenvalue weighted by atomic mass is 79.9. The number of nitrogens with zero attached hydrogens (tertiary/aromatic N) is 1. The maximum Gasteiger partial charge on any atom is 0.338 e. The average Bonchev–Trinajstić information content (AvgIpc) is 2.97. The topological polar surface area (TPSA) is 64.6 Å². The lowest BCUT2D eigenvalue weighted by Crippen LogP contribution is -2.06. The fraction of sp³-hybridized carbons (Fsp3) is 0.357. The first-order valence-electron chi connectivity index (χ1n) is 6.22. The number of hydrogen-bond acceptors (Lipinski definition) is 3. The number of halogens is 1. The van der Waals surface area contributed by atoms with E-state index in [-0.39, 0.29) is 5.56 Å². The Kier molecular flexibility index (Phi) is 4.67. The lowest BCUT2D eigenvalue weighted by Gasteiger charge is -2.10. The van der Waals surface area contributed by atoms with Crippen LogP contribution in [0.2, 0.25) is 0 Å². The Balaban J connectivity index is 2.52. The molecular weight excluding hydrogens is 326 g/mol. The summed E-state index contributed by atoms with van der Waals surface area (Å²) in [5.41, 5.74) is 1.72. The molecule has 0 fully saturated rings. The number of carboxylic acid groups (broad SMARTS) is 1. The maximum atomic E-state index is 11.4. The molecule has 0 amide bonds. The van der Waals surface area contributed by atoms with Crippen molar-refractivity contribution in [1.29, 1.82) is 0 Å². The van der Waals surface area contributed by atoms with E-state index in [4.69, 9.17) is 9.15 Å². The Hall–Kier alpha value is -1.53. The number of aromatic carboxylic acids is 1. The van der Waals surface area contributed by atoms with Gasteiger partial charge in [0.15, 0.2) is 5.76 Å². The van der Waals surface area contributed by atoms with Crippen LogP contribution in [0.4, 0.5) is 0 Å². The molecule has 0 radical (unpaired) electrons. The molecule has 0 aromatic carbocycles. The van der Waals surface area contributed by atoms with Gasteiger partial charge in [0.25, 0.3) is 0 Å². The van der Waals surface area contributed by atoms with Gasteiger partial charge in [-0.3, -0.25) is 0 Å². The predicted octanol–water partition coefficient (Wildman–Crippen LogP) is 3.55. The second kappa shape index (κ2) is 6.28. The summed E-state index contributed by atoms with van der Waals surface area (Å²) in [6, 6.07) is 3.60. The third-order valence-corrected chi connectivity index (χ3v) is 3.93. The zero-order chi connectivity index (χ0) is 14.7. The molecule has 0 aliphatic carbocycles. The van der Waals surface area contributed by atoms with Crippen molar-refractivity contribution < 1.29 is 19.1 Å². The van der Waals surface area contributed by atoms with Gasteiger partial charge in [-0.2, -0.15) is 0 Å². The molecule has 0 aliphatic rings. The summed E-state index contributed by atoms with van der Waals surface area (Å²) in [5, 5.41) is 9.35. The largest absolute Gasteiger partial charge is 0.478 e. The minimum Gasteiger partial charge on any atom is -0.478 e. The third-order valence-electron chi connectivity index (χ3n) is 3.16. The number of rotatable bonds is 6. The quantitative estimate of drug-likeness (QED) is 0.816. The first-order chi connectivity index (χ1) is 9.57. The molecular formula is C14H16BrNO4. The van der Waals surface area contributed by atoms with E-state index in [1.165, 1.54) is 0 Å². The van der Waals surface area contributed by atoms with Gasteiger partial charge in [-0.25, -0.2) is 4.79 Å². The SMILES string of the molecule is COCCCn1c(C)c(C(=O)O)c(Br)c1-c1ccco1. The Bertz CT molecular complexity index is 601. The van der Waals surface area contributed by atoms with Crippen LogP contribution in [0, 0.1) is 6.92 Å². The highest BCUT2D eigenvalue weighted by Crippen LogP contribution is 2.36. The van der Waals surface area contributed by atoms with Gasteiger partial charge in [-0.1, -0.05) is 0 Å². The Morgan fingerprint density at radius 3 is 2.85 bits per heavy atom. The zero-order valence-electron chi connectivity index (χ0n) is 11.4. The second-order valence-electron chi connectivity index (χ2n) is 4.40. The number of ether oxygens (including phenoxy) is 1. The van der Waals surface area contributed by atoms with Crippen LogP contribution in [0.5, 0.6) is 0 Å². The Labute approximate surface area is 125 Å². The molecule has 108 valence electrons. The van der Waals surface area contributed by atoms with Crippen LogP contribution >= 0.6 is 15.9 Å². The van der Waals surface area contributed by atoms with E-state index in [0.717, 1.165) is 12.1 Å². The van der Waals surface area contributed by atoms with Crippen LogP contribution in [0.3, 0.4) is 0 Å². The van der Waals surface area contributed by atoms with Crippen molar-refractivity contribution in [3.63, 3.8) is 0 Å². The number of carbonyl (C=O) groups is 1.